The molecule has 1 N–H and O–H groups in total. The van der Waals surface area contributed by atoms with Gasteiger partial charge in [0.25, 0.3) is 0 Å². The number of carbonyl (C=O) groups excluding carboxylic acids is 1. The van der Waals surface area contributed by atoms with Crippen LogP contribution in [-0.2, 0) is 4.79 Å². The predicted octanol–water partition coefficient (Wildman–Crippen LogP) is 1.71. The van der Waals surface area contributed by atoms with Gasteiger partial charge < -0.3 is 4.57 Å². The van der Waals surface area contributed by atoms with E-state index in [4.69, 9.17) is 0 Å². The Morgan fingerprint density at radius 1 is 1.26 bits per heavy atom. The number of hydrogen-bond acceptors (Lipinski definition) is 3. The van der Waals surface area contributed by atoms with Crippen LogP contribution in [0.15, 0.2) is 48.1 Å². The van der Waals surface area contributed by atoms with Gasteiger partial charge in [-0.05, 0) is 17.7 Å². The molecule has 5 heteroatoms. The maximum atomic E-state index is 11.9. The Labute approximate surface area is 111 Å². The van der Waals surface area contributed by atoms with Crippen molar-refractivity contribution in [3.63, 3.8) is 0 Å². The maximum absolute atomic E-state index is 11.9. The first-order chi connectivity index (χ1) is 9.25. The molecule has 2 atom stereocenters. The monoisotopic (exact) mass is 254 g/mol. The summed E-state index contributed by atoms with van der Waals surface area (Å²) in [6.07, 6.45) is 7.14. The van der Waals surface area contributed by atoms with Crippen LogP contribution in [0.5, 0.6) is 0 Å². The minimum Gasteiger partial charge on any atom is -0.306 e. The molecule has 2 unspecified atom stereocenters. The Kier molecular flexibility index (Phi) is 2.87. The Balaban J connectivity index is 1.90. The second-order valence-corrected chi connectivity index (χ2v) is 4.65. The van der Waals surface area contributed by atoms with Gasteiger partial charge in [0.05, 0.1) is 12.2 Å². The summed E-state index contributed by atoms with van der Waals surface area (Å²) in [6, 6.07) is 7.94. The topological polar surface area (TPSA) is 59.3 Å². The fourth-order valence-corrected chi connectivity index (χ4v) is 2.33. The Hall–Kier alpha value is -2.43. The third-order valence-electron chi connectivity index (χ3n) is 3.35. The quantitative estimate of drug-likeness (QED) is 0.886. The van der Waals surface area contributed by atoms with Crippen molar-refractivity contribution in [1.82, 2.24) is 15.0 Å². The molecule has 5 nitrogen and oxygen atoms in total. The Morgan fingerprint density at radius 3 is 2.68 bits per heavy atom. The zero-order valence-electron chi connectivity index (χ0n) is 10.5. The number of nitrogens with zero attached hydrogens (tertiary/aromatic N) is 3. The lowest BCUT2D eigenvalue weighted by Crippen LogP contribution is -2.34. The van der Waals surface area contributed by atoms with E-state index < -0.39 is 0 Å². The summed E-state index contributed by atoms with van der Waals surface area (Å²) >= 11 is 0. The van der Waals surface area contributed by atoms with Crippen LogP contribution in [0.4, 0.5) is 0 Å². The highest BCUT2D eigenvalue weighted by atomic mass is 16.2. The summed E-state index contributed by atoms with van der Waals surface area (Å²) in [6.45, 7) is 2.00. The molecule has 2 aromatic rings. The summed E-state index contributed by atoms with van der Waals surface area (Å²) in [7, 11) is 0. The first-order valence-corrected chi connectivity index (χ1v) is 6.17. The lowest BCUT2D eigenvalue weighted by Gasteiger charge is -2.23. The second-order valence-electron chi connectivity index (χ2n) is 4.65. The van der Waals surface area contributed by atoms with Gasteiger partial charge in [-0.15, -0.1) is 0 Å². The zero-order valence-corrected chi connectivity index (χ0v) is 10.5. The van der Waals surface area contributed by atoms with Gasteiger partial charge in [-0.2, -0.15) is 5.10 Å². The van der Waals surface area contributed by atoms with Gasteiger partial charge in [0.1, 0.15) is 0 Å². The molecular weight excluding hydrogens is 240 g/mol. The van der Waals surface area contributed by atoms with E-state index in [1.54, 1.807) is 18.7 Å². The van der Waals surface area contributed by atoms with Crippen LogP contribution in [0.3, 0.4) is 0 Å². The van der Waals surface area contributed by atoms with Crippen LogP contribution < -0.4 is 5.43 Å². The highest BCUT2D eigenvalue weighted by Gasteiger charge is 2.28. The molecule has 0 fully saturated rings. The lowest BCUT2D eigenvalue weighted by molar-refractivity contribution is -0.123. The highest BCUT2D eigenvalue weighted by molar-refractivity contribution is 5.90. The van der Waals surface area contributed by atoms with Gasteiger partial charge in [0.15, 0.2) is 0 Å². The van der Waals surface area contributed by atoms with Crippen molar-refractivity contribution in [2.75, 3.05) is 0 Å². The van der Waals surface area contributed by atoms with E-state index in [0.29, 0.717) is 0 Å². The fraction of sp³-hybridized carbons (Fsp3) is 0.214. The number of hydrazone groups is 1. The number of aromatic nitrogens is 2. The van der Waals surface area contributed by atoms with E-state index in [1.807, 2.05) is 42.0 Å². The summed E-state index contributed by atoms with van der Waals surface area (Å²) < 4.78 is 1.93. The molecule has 3 rings (SSSR count). The number of carbonyl (C=O) groups is 1. The van der Waals surface area contributed by atoms with E-state index in [2.05, 4.69) is 15.5 Å². The standard InChI is InChI=1S/C14H14N4O/c1-10-8-16-17-14(19)13(10)11-2-4-12(5-3-11)18-7-6-15-9-18/h2-10,13H,1H3,(H,17,19). The van der Waals surface area contributed by atoms with E-state index in [-0.39, 0.29) is 17.7 Å². The largest absolute Gasteiger partial charge is 0.306 e. The van der Waals surface area contributed by atoms with Gasteiger partial charge in [-0.1, -0.05) is 19.1 Å². The highest BCUT2D eigenvalue weighted by Crippen LogP contribution is 2.26. The molecule has 96 valence electrons. The average molecular weight is 254 g/mol. The molecule has 19 heavy (non-hydrogen) atoms. The smallest absolute Gasteiger partial charge is 0.248 e. The van der Waals surface area contributed by atoms with E-state index >= 15 is 0 Å². The number of benzene rings is 1. The second kappa shape index (κ2) is 4.68. The van der Waals surface area contributed by atoms with Crippen LogP contribution >= 0.6 is 0 Å². The molecule has 0 spiro atoms. The van der Waals surface area contributed by atoms with Crippen LogP contribution in [0.1, 0.15) is 18.4 Å². The zero-order chi connectivity index (χ0) is 13.2. The van der Waals surface area contributed by atoms with Crippen molar-refractivity contribution in [2.24, 2.45) is 11.0 Å². The van der Waals surface area contributed by atoms with Crippen molar-refractivity contribution in [2.45, 2.75) is 12.8 Å². The number of hydrogen-bond donors (Lipinski definition) is 1. The fourth-order valence-electron chi connectivity index (χ4n) is 2.33. The Morgan fingerprint density at radius 2 is 2.05 bits per heavy atom. The normalized spacial score (nSPS) is 22.3. The van der Waals surface area contributed by atoms with Gasteiger partial charge in [-0.3, -0.25) is 4.79 Å². The third kappa shape index (κ3) is 2.14. The molecule has 1 amide bonds. The van der Waals surface area contributed by atoms with E-state index in [0.717, 1.165) is 11.3 Å². The van der Waals surface area contributed by atoms with Crippen LogP contribution in [0, 0.1) is 5.92 Å². The van der Waals surface area contributed by atoms with Crippen molar-refractivity contribution < 1.29 is 4.79 Å². The van der Waals surface area contributed by atoms with Gasteiger partial charge >= 0.3 is 0 Å². The molecule has 0 aliphatic carbocycles. The lowest BCUT2D eigenvalue weighted by atomic mass is 9.86. The number of nitrogens with one attached hydrogen (secondary N) is 1. The van der Waals surface area contributed by atoms with Gasteiger partial charge in [-0.25, -0.2) is 10.4 Å². The van der Waals surface area contributed by atoms with Crippen LogP contribution in [0.2, 0.25) is 0 Å². The van der Waals surface area contributed by atoms with Crippen molar-refractivity contribution in [1.29, 1.82) is 0 Å². The number of rotatable bonds is 2. The minimum absolute atomic E-state index is 0.0506. The molecule has 0 bridgehead atoms. The molecule has 0 radical (unpaired) electrons. The third-order valence-corrected chi connectivity index (χ3v) is 3.35. The predicted molar refractivity (Wildman–Crippen MR) is 72.1 cm³/mol. The maximum Gasteiger partial charge on any atom is 0.248 e. The molecule has 1 aliphatic heterocycles. The van der Waals surface area contributed by atoms with Gasteiger partial charge in [0, 0.05) is 30.2 Å². The molecule has 0 saturated carbocycles. The summed E-state index contributed by atoms with van der Waals surface area (Å²) in [5.74, 6) is -0.118. The summed E-state index contributed by atoms with van der Waals surface area (Å²) in [5, 5.41) is 3.84. The van der Waals surface area contributed by atoms with E-state index in [1.165, 1.54) is 0 Å². The first-order valence-electron chi connectivity index (χ1n) is 6.17. The van der Waals surface area contributed by atoms with Crippen LogP contribution in [-0.4, -0.2) is 21.7 Å². The number of imidazole rings is 1. The van der Waals surface area contributed by atoms with Gasteiger partial charge in [0.2, 0.25) is 5.91 Å². The van der Waals surface area contributed by atoms with Crippen molar-refractivity contribution in [3.05, 3.63) is 48.5 Å². The van der Waals surface area contributed by atoms with E-state index in [9.17, 15) is 4.79 Å². The van der Waals surface area contributed by atoms with Crippen LogP contribution in [0.25, 0.3) is 5.69 Å². The number of amides is 1. The van der Waals surface area contributed by atoms with Crippen molar-refractivity contribution >= 4 is 12.1 Å². The molecule has 0 saturated heterocycles. The molecule has 1 aromatic heterocycles. The summed E-state index contributed by atoms with van der Waals surface area (Å²) in [4.78, 5) is 15.9. The van der Waals surface area contributed by atoms with Crippen molar-refractivity contribution in [3.8, 4) is 5.69 Å². The Bertz CT molecular complexity index is 601. The molecular formula is C14H14N4O. The average Bonchev–Trinajstić information content (AvgIpc) is 2.93. The molecule has 1 aromatic carbocycles. The first kappa shape index (κ1) is 11.6. The summed E-state index contributed by atoms with van der Waals surface area (Å²) in [5.41, 5.74) is 4.55. The minimum atomic E-state index is -0.172. The molecule has 1 aliphatic rings. The SMILES string of the molecule is CC1C=NNC(=O)C1c1ccc(-n2ccnc2)cc1. The molecule has 2 heterocycles.